The van der Waals surface area contributed by atoms with Crippen LogP contribution < -0.4 is 11.3 Å². The predicted molar refractivity (Wildman–Crippen MR) is 83.9 cm³/mol. The van der Waals surface area contributed by atoms with Crippen LogP contribution in [-0.2, 0) is 11.2 Å². The van der Waals surface area contributed by atoms with E-state index in [9.17, 15) is 0 Å². The normalized spacial score (nSPS) is 22.2. The number of hydrogen-bond donors (Lipinski definition) is 2. The lowest BCUT2D eigenvalue weighted by Gasteiger charge is -2.34. The van der Waals surface area contributed by atoms with E-state index in [1.807, 2.05) is 0 Å². The van der Waals surface area contributed by atoms with Crippen molar-refractivity contribution in [3.63, 3.8) is 0 Å². The zero-order valence-electron chi connectivity index (χ0n) is 11.7. The molecule has 0 aliphatic carbocycles. The molecule has 2 atom stereocenters. The van der Waals surface area contributed by atoms with E-state index in [-0.39, 0.29) is 12.1 Å². The second-order valence-electron chi connectivity index (χ2n) is 5.41. The van der Waals surface area contributed by atoms with E-state index in [1.54, 1.807) is 11.3 Å². The fourth-order valence-electron chi connectivity index (χ4n) is 2.78. The van der Waals surface area contributed by atoms with Crippen molar-refractivity contribution in [2.45, 2.75) is 18.6 Å². The number of nitrogens with two attached hydrogens (primary N) is 1. The average Bonchev–Trinajstić information content (AvgIpc) is 2.88. The zero-order valence-corrected chi connectivity index (χ0v) is 12.5. The van der Waals surface area contributed by atoms with Gasteiger partial charge in [0, 0.05) is 17.8 Å². The first-order valence-electron chi connectivity index (χ1n) is 6.99. The molecule has 2 aromatic rings. The molecule has 0 saturated carbocycles. The molecule has 1 aliphatic rings. The molecular formula is C15H21N3OS. The number of thiophene rings is 1. The first-order valence-corrected chi connectivity index (χ1v) is 7.87. The Bertz CT molecular complexity index is 571. The van der Waals surface area contributed by atoms with Crippen molar-refractivity contribution in [2.24, 2.45) is 5.84 Å². The van der Waals surface area contributed by atoms with Crippen LogP contribution in [-0.4, -0.2) is 43.8 Å². The van der Waals surface area contributed by atoms with Gasteiger partial charge in [0.25, 0.3) is 0 Å². The maximum Gasteiger partial charge on any atom is 0.0871 e. The number of ether oxygens (including phenoxy) is 1. The van der Waals surface area contributed by atoms with Crippen LogP contribution in [0.25, 0.3) is 10.1 Å². The predicted octanol–water partition coefficient (Wildman–Crippen LogP) is 1.61. The number of nitrogens with one attached hydrogen (secondary N) is 1. The quantitative estimate of drug-likeness (QED) is 0.664. The van der Waals surface area contributed by atoms with Crippen LogP contribution in [0.1, 0.15) is 5.56 Å². The number of hydrogen-bond acceptors (Lipinski definition) is 5. The molecule has 1 fully saturated rings. The highest BCUT2D eigenvalue weighted by Gasteiger charge is 2.26. The van der Waals surface area contributed by atoms with E-state index in [2.05, 4.69) is 47.0 Å². The lowest BCUT2D eigenvalue weighted by Crippen LogP contribution is -2.54. The van der Waals surface area contributed by atoms with Gasteiger partial charge in [-0.15, -0.1) is 11.3 Å². The van der Waals surface area contributed by atoms with Gasteiger partial charge < -0.3 is 9.64 Å². The molecule has 0 spiro atoms. The molecule has 1 aromatic heterocycles. The van der Waals surface area contributed by atoms with Crippen molar-refractivity contribution in [1.82, 2.24) is 10.3 Å². The monoisotopic (exact) mass is 291 g/mol. The van der Waals surface area contributed by atoms with Gasteiger partial charge in [0.1, 0.15) is 0 Å². The molecule has 0 radical (unpaired) electrons. The minimum Gasteiger partial charge on any atom is -0.374 e. The van der Waals surface area contributed by atoms with Crippen LogP contribution in [0.5, 0.6) is 0 Å². The van der Waals surface area contributed by atoms with Crippen molar-refractivity contribution in [3.8, 4) is 0 Å². The molecule has 3 rings (SSSR count). The maximum atomic E-state index is 5.88. The number of benzene rings is 1. The topological polar surface area (TPSA) is 50.5 Å². The second-order valence-corrected chi connectivity index (χ2v) is 6.32. The van der Waals surface area contributed by atoms with Crippen molar-refractivity contribution < 1.29 is 4.74 Å². The van der Waals surface area contributed by atoms with Crippen LogP contribution in [0, 0.1) is 0 Å². The highest BCUT2D eigenvalue weighted by atomic mass is 32.1. The summed E-state index contributed by atoms with van der Waals surface area (Å²) in [4.78, 5) is 2.30. The first kappa shape index (κ1) is 14.0. The number of likely N-dealkylation sites (N-methyl/N-ethyl adjacent to an activating group) is 1. The number of nitrogens with zero attached hydrogens (tertiary/aromatic N) is 1. The highest BCUT2D eigenvalue weighted by Crippen LogP contribution is 2.27. The molecule has 2 heterocycles. The summed E-state index contributed by atoms with van der Waals surface area (Å²) in [6, 6.07) is 8.67. The number of rotatable bonds is 4. The van der Waals surface area contributed by atoms with E-state index in [0.29, 0.717) is 0 Å². The van der Waals surface area contributed by atoms with E-state index < -0.39 is 0 Å². The third kappa shape index (κ3) is 2.87. The molecule has 4 nitrogen and oxygen atoms in total. The fraction of sp³-hybridized carbons (Fsp3) is 0.467. The lowest BCUT2D eigenvalue weighted by molar-refractivity contribution is -0.0383. The number of hydrazine groups is 1. The lowest BCUT2D eigenvalue weighted by atomic mass is 10.00. The van der Waals surface area contributed by atoms with E-state index in [0.717, 1.165) is 26.1 Å². The second kappa shape index (κ2) is 6.20. The Morgan fingerprint density at radius 3 is 3.15 bits per heavy atom. The largest absolute Gasteiger partial charge is 0.374 e. The minimum absolute atomic E-state index is 0.149. The summed E-state index contributed by atoms with van der Waals surface area (Å²) < 4.78 is 7.21. The van der Waals surface area contributed by atoms with E-state index in [4.69, 9.17) is 10.6 Å². The van der Waals surface area contributed by atoms with E-state index in [1.165, 1.54) is 15.6 Å². The summed E-state index contributed by atoms with van der Waals surface area (Å²) >= 11 is 1.79. The van der Waals surface area contributed by atoms with Gasteiger partial charge in [-0.05, 0) is 35.9 Å². The Labute approximate surface area is 123 Å². The summed E-state index contributed by atoms with van der Waals surface area (Å²) in [6.07, 6.45) is 1.05. The third-order valence-corrected chi connectivity index (χ3v) is 4.97. The maximum absolute atomic E-state index is 5.88. The van der Waals surface area contributed by atoms with Gasteiger partial charge in [-0.1, -0.05) is 18.2 Å². The molecule has 0 amide bonds. The molecule has 20 heavy (non-hydrogen) atoms. The minimum atomic E-state index is 0.149. The Morgan fingerprint density at radius 2 is 2.35 bits per heavy atom. The van der Waals surface area contributed by atoms with Crippen LogP contribution in [0.4, 0.5) is 0 Å². The summed E-state index contributed by atoms with van der Waals surface area (Å²) in [5.41, 5.74) is 4.30. The Hall–Kier alpha value is -0.980. The SMILES string of the molecule is CN1CCOC(C(Cc2csc3ccccc23)NN)C1. The fourth-order valence-corrected chi connectivity index (χ4v) is 3.76. The number of fused-ring (bicyclic) bond motifs is 1. The van der Waals surface area contributed by atoms with Gasteiger partial charge in [-0.3, -0.25) is 11.3 Å². The summed E-state index contributed by atoms with van der Waals surface area (Å²) in [6.45, 7) is 2.70. The van der Waals surface area contributed by atoms with Crippen molar-refractivity contribution >= 4 is 21.4 Å². The molecule has 1 aliphatic heterocycles. The van der Waals surface area contributed by atoms with Gasteiger partial charge in [0.05, 0.1) is 18.8 Å². The molecule has 2 unspecified atom stereocenters. The van der Waals surface area contributed by atoms with Crippen LogP contribution in [0.15, 0.2) is 29.6 Å². The molecule has 108 valence electrons. The molecule has 5 heteroatoms. The van der Waals surface area contributed by atoms with Gasteiger partial charge in [-0.25, -0.2) is 0 Å². The smallest absolute Gasteiger partial charge is 0.0871 e. The van der Waals surface area contributed by atoms with Crippen molar-refractivity contribution in [1.29, 1.82) is 0 Å². The van der Waals surface area contributed by atoms with Crippen LogP contribution >= 0.6 is 11.3 Å². The van der Waals surface area contributed by atoms with Crippen molar-refractivity contribution in [3.05, 3.63) is 35.2 Å². The number of morpholine rings is 1. The Kier molecular flexibility index (Phi) is 4.33. The Balaban J connectivity index is 1.77. The molecule has 0 bridgehead atoms. The van der Waals surface area contributed by atoms with Crippen molar-refractivity contribution in [2.75, 3.05) is 26.7 Å². The van der Waals surface area contributed by atoms with Crippen LogP contribution in [0.3, 0.4) is 0 Å². The van der Waals surface area contributed by atoms with Gasteiger partial charge in [-0.2, -0.15) is 0 Å². The molecular weight excluding hydrogens is 270 g/mol. The van der Waals surface area contributed by atoms with Crippen LogP contribution in [0.2, 0.25) is 0 Å². The molecule has 1 saturated heterocycles. The standard InChI is InChI=1S/C15H21N3OS/c1-18-6-7-19-14(9-18)13(17-16)8-11-10-20-15-5-3-2-4-12(11)15/h2-5,10,13-14,17H,6-9,16H2,1H3. The summed E-state index contributed by atoms with van der Waals surface area (Å²) in [7, 11) is 2.13. The summed E-state index contributed by atoms with van der Waals surface area (Å²) in [5, 5.41) is 3.57. The zero-order chi connectivity index (χ0) is 13.9. The third-order valence-electron chi connectivity index (χ3n) is 3.96. The van der Waals surface area contributed by atoms with Gasteiger partial charge >= 0.3 is 0 Å². The van der Waals surface area contributed by atoms with Gasteiger partial charge in [0.2, 0.25) is 0 Å². The van der Waals surface area contributed by atoms with Gasteiger partial charge in [0.15, 0.2) is 0 Å². The Morgan fingerprint density at radius 1 is 1.50 bits per heavy atom. The average molecular weight is 291 g/mol. The molecule has 3 N–H and O–H groups in total. The summed E-state index contributed by atoms with van der Waals surface area (Å²) in [5.74, 6) is 5.76. The highest BCUT2D eigenvalue weighted by molar-refractivity contribution is 7.17. The van der Waals surface area contributed by atoms with E-state index >= 15 is 0 Å². The molecule has 1 aromatic carbocycles. The first-order chi connectivity index (χ1) is 9.78.